The van der Waals surface area contributed by atoms with E-state index in [9.17, 15) is 4.39 Å². The number of halogens is 1. The third kappa shape index (κ3) is 3.68. The van der Waals surface area contributed by atoms with Crippen LogP contribution in [0.5, 0.6) is 0 Å². The molecule has 0 amide bonds. The van der Waals surface area contributed by atoms with Gasteiger partial charge in [0.2, 0.25) is 0 Å². The summed E-state index contributed by atoms with van der Waals surface area (Å²) in [6.07, 6.45) is 3.59. The number of aromatic nitrogens is 3. The molecule has 33 heavy (non-hydrogen) atoms. The Morgan fingerprint density at radius 2 is 1.70 bits per heavy atom. The zero-order valence-corrected chi connectivity index (χ0v) is 19.5. The van der Waals surface area contributed by atoms with Crippen LogP contribution in [-0.4, -0.2) is 19.6 Å². The summed E-state index contributed by atoms with van der Waals surface area (Å²) < 4.78 is 16.2. The molecule has 0 saturated carbocycles. The Hall–Kier alpha value is -3.58. The van der Waals surface area contributed by atoms with Gasteiger partial charge in [0.25, 0.3) is 0 Å². The molecular formula is C26H24FN5S. The van der Waals surface area contributed by atoms with Crippen molar-refractivity contribution in [3.63, 3.8) is 0 Å². The van der Waals surface area contributed by atoms with Gasteiger partial charge in [-0.1, -0.05) is 12.1 Å². The van der Waals surface area contributed by atoms with Gasteiger partial charge in [0, 0.05) is 29.5 Å². The number of pyridine rings is 2. The Morgan fingerprint density at radius 1 is 0.939 bits per heavy atom. The number of thiocarbonyl (C=S) groups is 1. The van der Waals surface area contributed by atoms with E-state index in [1.165, 1.54) is 6.07 Å². The maximum atomic E-state index is 14.1. The summed E-state index contributed by atoms with van der Waals surface area (Å²) in [6, 6.07) is 18.7. The van der Waals surface area contributed by atoms with Crippen LogP contribution in [-0.2, 0) is 0 Å². The molecule has 0 unspecified atom stereocenters. The number of hydrogen-bond donors (Lipinski definition) is 1. The van der Waals surface area contributed by atoms with Crippen molar-refractivity contribution in [2.24, 2.45) is 0 Å². The molecule has 0 radical (unpaired) electrons. The molecule has 1 aliphatic rings. The van der Waals surface area contributed by atoms with E-state index >= 15 is 0 Å². The molecule has 0 bridgehead atoms. The van der Waals surface area contributed by atoms with Crippen molar-refractivity contribution in [2.45, 2.75) is 32.9 Å². The average Bonchev–Trinajstić information content (AvgIpc) is 3.32. The first kappa shape index (κ1) is 21.3. The Morgan fingerprint density at radius 3 is 2.36 bits per heavy atom. The summed E-state index contributed by atoms with van der Waals surface area (Å²) in [5.41, 5.74) is 5.59. The van der Waals surface area contributed by atoms with Crippen molar-refractivity contribution in [3.05, 3.63) is 107 Å². The Labute approximate surface area is 197 Å². The summed E-state index contributed by atoms with van der Waals surface area (Å²) in [4.78, 5) is 11.3. The summed E-state index contributed by atoms with van der Waals surface area (Å²) in [6.45, 7) is 5.94. The monoisotopic (exact) mass is 457 g/mol. The van der Waals surface area contributed by atoms with Gasteiger partial charge < -0.3 is 14.8 Å². The maximum absolute atomic E-state index is 14.1. The lowest BCUT2D eigenvalue weighted by atomic mass is 9.96. The Kier molecular flexibility index (Phi) is 5.42. The largest absolute Gasteiger partial charge is 0.351 e. The third-order valence-electron chi connectivity index (χ3n) is 6.19. The van der Waals surface area contributed by atoms with E-state index in [-0.39, 0.29) is 17.9 Å². The second-order valence-electron chi connectivity index (χ2n) is 8.28. The van der Waals surface area contributed by atoms with Gasteiger partial charge in [-0.25, -0.2) is 9.37 Å². The quantitative estimate of drug-likeness (QED) is 0.410. The zero-order valence-electron chi connectivity index (χ0n) is 18.7. The second kappa shape index (κ2) is 8.41. The molecule has 7 heteroatoms. The van der Waals surface area contributed by atoms with Crippen molar-refractivity contribution >= 4 is 23.0 Å². The van der Waals surface area contributed by atoms with E-state index in [0.29, 0.717) is 10.7 Å². The van der Waals surface area contributed by atoms with Gasteiger partial charge in [-0.2, -0.15) is 0 Å². The highest BCUT2D eigenvalue weighted by molar-refractivity contribution is 7.80. The van der Waals surface area contributed by atoms with Crippen molar-refractivity contribution in [1.82, 2.24) is 19.9 Å². The van der Waals surface area contributed by atoms with E-state index in [0.717, 1.165) is 34.2 Å². The van der Waals surface area contributed by atoms with Crippen molar-refractivity contribution < 1.29 is 4.39 Å². The highest BCUT2D eigenvalue weighted by atomic mass is 32.1. The van der Waals surface area contributed by atoms with Crippen LogP contribution in [0, 0.1) is 26.6 Å². The van der Waals surface area contributed by atoms with Crippen LogP contribution in [0.1, 0.15) is 40.3 Å². The smallest absolute Gasteiger partial charge is 0.174 e. The number of hydrogen-bond acceptors (Lipinski definition) is 3. The first-order chi connectivity index (χ1) is 16.0. The number of nitrogens with one attached hydrogen (secondary N) is 1. The fourth-order valence-electron chi connectivity index (χ4n) is 4.65. The molecule has 0 spiro atoms. The van der Waals surface area contributed by atoms with E-state index in [4.69, 9.17) is 12.2 Å². The van der Waals surface area contributed by atoms with Crippen LogP contribution >= 0.6 is 12.2 Å². The molecule has 5 nitrogen and oxygen atoms in total. The normalized spacial score (nSPS) is 17.9. The van der Waals surface area contributed by atoms with E-state index in [2.05, 4.69) is 44.7 Å². The minimum absolute atomic E-state index is 0.165. The van der Waals surface area contributed by atoms with E-state index in [1.54, 1.807) is 25.4 Å². The number of aryl methyl sites for hydroxylation is 2. The molecule has 4 aromatic rings. The second-order valence-corrected chi connectivity index (χ2v) is 8.67. The minimum atomic E-state index is -0.233. The molecule has 5 rings (SSSR count). The van der Waals surface area contributed by atoms with Crippen molar-refractivity contribution in [3.8, 4) is 5.82 Å². The van der Waals surface area contributed by atoms with Gasteiger partial charge in [-0.05, 0) is 92.6 Å². The summed E-state index contributed by atoms with van der Waals surface area (Å²) >= 11 is 5.80. The zero-order chi connectivity index (χ0) is 23.1. The van der Waals surface area contributed by atoms with Crippen molar-refractivity contribution in [1.29, 1.82) is 0 Å². The molecule has 1 N–H and O–H groups in total. The molecule has 1 fully saturated rings. The van der Waals surface area contributed by atoms with Gasteiger partial charge in [0.1, 0.15) is 11.6 Å². The lowest BCUT2D eigenvalue weighted by molar-refractivity contribution is 0.564. The lowest BCUT2D eigenvalue weighted by Gasteiger charge is -2.28. The van der Waals surface area contributed by atoms with Gasteiger partial charge >= 0.3 is 0 Å². The van der Waals surface area contributed by atoms with Gasteiger partial charge in [0.05, 0.1) is 17.8 Å². The average molecular weight is 458 g/mol. The van der Waals surface area contributed by atoms with Crippen LogP contribution in [0.4, 0.5) is 10.1 Å². The molecule has 2 atom stereocenters. The predicted molar refractivity (Wildman–Crippen MR) is 132 cm³/mol. The first-order valence-corrected chi connectivity index (χ1v) is 11.2. The SMILES string of the molecule is Cc1cc(N2C(=S)N[C@@H](c3ccccn3)[C@@H]2c2cc(C)n(-c3ccccn3)c2C)ccc1F. The highest BCUT2D eigenvalue weighted by Gasteiger charge is 2.42. The van der Waals surface area contributed by atoms with Gasteiger partial charge in [-0.3, -0.25) is 4.98 Å². The predicted octanol–water partition coefficient (Wildman–Crippen LogP) is 5.51. The third-order valence-corrected chi connectivity index (χ3v) is 6.50. The van der Waals surface area contributed by atoms with E-state index < -0.39 is 0 Å². The van der Waals surface area contributed by atoms with Crippen LogP contribution in [0.2, 0.25) is 0 Å². The summed E-state index contributed by atoms with van der Waals surface area (Å²) in [7, 11) is 0. The number of benzene rings is 1. The molecular weight excluding hydrogens is 433 g/mol. The fourth-order valence-corrected chi connectivity index (χ4v) is 5.00. The molecule has 0 aliphatic carbocycles. The van der Waals surface area contributed by atoms with E-state index in [1.807, 2.05) is 42.5 Å². The molecule has 4 heterocycles. The number of anilines is 1. The highest BCUT2D eigenvalue weighted by Crippen LogP contribution is 2.43. The van der Waals surface area contributed by atoms with Crippen molar-refractivity contribution in [2.75, 3.05) is 4.90 Å². The topological polar surface area (TPSA) is 46.0 Å². The molecule has 3 aromatic heterocycles. The molecule has 166 valence electrons. The van der Waals surface area contributed by atoms with Crippen LogP contribution in [0.25, 0.3) is 5.82 Å². The standard InChI is InChI=1S/C26H24FN5S/c1-16-14-19(10-11-21(16)27)32-25(24(30-26(32)33)22-8-4-6-12-28-22)20-15-17(2)31(18(20)3)23-9-5-7-13-29-23/h4-15,24-25H,1-3H3,(H,30,33)/t24-,25-/m0/s1. The molecule has 1 aliphatic heterocycles. The van der Waals surface area contributed by atoms with Crippen LogP contribution < -0.4 is 10.2 Å². The first-order valence-electron chi connectivity index (χ1n) is 10.8. The van der Waals surface area contributed by atoms with Crippen LogP contribution in [0.3, 0.4) is 0 Å². The fraction of sp³-hybridized carbons (Fsp3) is 0.192. The molecule has 1 saturated heterocycles. The minimum Gasteiger partial charge on any atom is -0.351 e. The Balaban J connectivity index is 1.69. The van der Waals surface area contributed by atoms with Crippen LogP contribution in [0.15, 0.2) is 73.1 Å². The molecule has 1 aromatic carbocycles. The number of nitrogens with zero attached hydrogens (tertiary/aromatic N) is 4. The Bertz CT molecular complexity index is 1320. The summed E-state index contributed by atoms with van der Waals surface area (Å²) in [5.74, 6) is 0.633. The maximum Gasteiger partial charge on any atom is 0.174 e. The van der Waals surface area contributed by atoms with Gasteiger partial charge in [0.15, 0.2) is 5.11 Å². The lowest BCUT2D eigenvalue weighted by Crippen LogP contribution is -2.29. The number of rotatable bonds is 4. The summed E-state index contributed by atoms with van der Waals surface area (Å²) in [5, 5.41) is 4.06. The van der Waals surface area contributed by atoms with Gasteiger partial charge in [-0.15, -0.1) is 0 Å².